The molecule has 0 atom stereocenters. The van der Waals surface area contributed by atoms with E-state index in [-0.39, 0.29) is 5.56 Å². The maximum absolute atomic E-state index is 13.6. The molecule has 0 aliphatic rings. The predicted molar refractivity (Wildman–Crippen MR) is 131 cm³/mol. The number of thiazole rings is 1. The SMILES string of the molecule is Cc1nn(-c2nc(-c3ccc(Cl)c(Cl)c3)c(SC(C)C)s2)cc1-c1ccccc1C(F)(F)F. The fourth-order valence-corrected chi connectivity index (χ4v) is 6.05. The predicted octanol–water partition coefficient (Wildman–Crippen LogP) is 8.80. The number of halogens is 5. The summed E-state index contributed by atoms with van der Waals surface area (Å²) in [6.07, 6.45) is -2.87. The smallest absolute Gasteiger partial charge is 0.217 e. The Bertz CT molecular complexity index is 1310. The van der Waals surface area contributed by atoms with Crippen molar-refractivity contribution in [2.45, 2.75) is 36.4 Å². The summed E-state index contributed by atoms with van der Waals surface area (Å²) < 4.78 is 43.2. The van der Waals surface area contributed by atoms with Crippen LogP contribution < -0.4 is 0 Å². The lowest BCUT2D eigenvalue weighted by Gasteiger charge is -2.11. The number of hydrogen-bond donors (Lipinski definition) is 0. The highest BCUT2D eigenvalue weighted by Crippen LogP contribution is 2.42. The fraction of sp³-hybridized carbons (Fsp3) is 0.217. The molecule has 172 valence electrons. The van der Waals surface area contributed by atoms with Crippen molar-refractivity contribution in [2.24, 2.45) is 0 Å². The second-order valence-corrected chi connectivity index (χ2v) is 11.2. The Labute approximate surface area is 207 Å². The van der Waals surface area contributed by atoms with E-state index >= 15 is 0 Å². The number of nitrogens with zero attached hydrogens (tertiary/aromatic N) is 3. The van der Waals surface area contributed by atoms with Gasteiger partial charge < -0.3 is 0 Å². The van der Waals surface area contributed by atoms with E-state index in [1.54, 1.807) is 43.1 Å². The molecule has 0 saturated carbocycles. The maximum Gasteiger partial charge on any atom is 0.417 e. The van der Waals surface area contributed by atoms with Crippen molar-refractivity contribution in [3.05, 3.63) is 70.0 Å². The first-order valence-corrected chi connectivity index (χ1v) is 12.4. The molecule has 10 heteroatoms. The van der Waals surface area contributed by atoms with Gasteiger partial charge >= 0.3 is 6.18 Å². The largest absolute Gasteiger partial charge is 0.417 e. The molecule has 3 nitrogen and oxygen atoms in total. The van der Waals surface area contributed by atoms with E-state index in [1.165, 1.54) is 28.2 Å². The Hall–Kier alpha value is -2.00. The highest BCUT2D eigenvalue weighted by Gasteiger charge is 2.34. The quantitative estimate of drug-likeness (QED) is 0.243. The Morgan fingerprint density at radius 3 is 2.42 bits per heavy atom. The number of alkyl halides is 3. The molecule has 0 unspecified atom stereocenters. The van der Waals surface area contributed by atoms with Gasteiger partial charge in [0.15, 0.2) is 0 Å². The lowest BCUT2D eigenvalue weighted by molar-refractivity contribution is -0.137. The van der Waals surface area contributed by atoms with Crippen molar-refractivity contribution in [3.63, 3.8) is 0 Å². The summed E-state index contributed by atoms with van der Waals surface area (Å²) in [7, 11) is 0. The standard InChI is InChI=1S/C23H18Cl2F3N3S2/c1-12(2)32-21-20(14-8-9-18(24)19(25)10-14)29-22(33-21)31-11-16(13(3)30-31)15-6-4-5-7-17(15)23(26,27)28/h4-12H,1-3H3. The van der Waals surface area contributed by atoms with E-state index < -0.39 is 11.7 Å². The highest BCUT2D eigenvalue weighted by molar-refractivity contribution is 8.01. The van der Waals surface area contributed by atoms with Gasteiger partial charge in [0.1, 0.15) is 0 Å². The van der Waals surface area contributed by atoms with Crippen LogP contribution >= 0.6 is 46.3 Å². The first-order chi connectivity index (χ1) is 15.5. The fourth-order valence-electron chi connectivity index (χ4n) is 3.30. The summed E-state index contributed by atoms with van der Waals surface area (Å²) in [5.41, 5.74) is 1.83. The van der Waals surface area contributed by atoms with Crippen LogP contribution in [0.1, 0.15) is 25.1 Å². The Morgan fingerprint density at radius 1 is 1.03 bits per heavy atom. The van der Waals surface area contributed by atoms with E-state index in [9.17, 15) is 13.2 Å². The number of aryl methyl sites for hydroxylation is 1. The minimum atomic E-state index is -4.46. The van der Waals surface area contributed by atoms with Gasteiger partial charge in [-0.2, -0.15) is 18.3 Å². The molecule has 4 aromatic rings. The third-order valence-electron chi connectivity index (χ3n) is 4.74. The van der Waals surface area contributed by atoms with Crippen LogP contribution in [0.25, 0.3) is 27.5 Å². The summed E-state index contributed by atoms with van der Waals surface area (Å²) in [5, 5.41) is 6.20. The number of hydrogen-bond acceptors (Lipinski definition) is 4. The van der Waals surface area contributed by atoms with Crippen LogP contribution in [0.5, 0.6) is 0 Å². The van der Waals surface area contributed by atoms with Crippen LogP contribution in [0.15, 0.2) is 52.9 Å². The van der Waals surface area contributed by atoms with E-state index in [4.69, 9.17) is 28.2 Å². The molecular formula is C23H18Cl2F3N3S2. The zero-order valence-electron chi connectivity index (χ0n) is 17.7. The van der Waals surface area contributed by atoms with Crippen molar-refractivity contribution < 1.29 is 13.2 Å². The average Bonchev–Trinajstić information content (AvgIpc) is 3.32. The molecule has 0 aliphatic heterocycles. The molecule has 0 aliphatic carbocycles. The Balaban J connectivity index is 1.82. The van der Waals surface area contributed by atoms with E-state index in [0.29, 0.717) is 31.7 Å². The van der Waals surface area contributed by atoms with Crippen molar-refractivity contribution in [2.75, 3.05) is 0 Å². The average molecular weight is 528 g/mol. The van der Waals surface area contributed by atoms with Crippen LogP contribution in [-0.4, -0.2) is 20.0 Å². The van der Waals surface area contributed by atoms with E-state index in [1.807, 2.05) is 6.07 Å². The number of thioether (sulfide) groups is 1. The van der Waals surface area contributed by atoms with E-state index in [0.717, 1.165) is 21.5 Å². The minimum Gasteiger partial charge on any atom is -0.217 e. The van der Waals surface area contributed by atoms with Crippen molar-refractivity contribution in [1.82, 2.24) is 14.8 Å². The lowest BCUT2D eigenvalue weighted by Crippen LogP contribution is -2.06. The molecule has 0 radical (unpaired) electrons. The summed E-state index contributed by atoms with van der Waals surface area (Å²) >= 11 is 15.4. The second-order valence-electron chi connectivity index (χ2n) is 7.54. The van der Waals surface area contributed by atoms with Crippen LogP contribution in [0.4, 0.5) is 13.2 Å². The summed E-state index contributed by atoms with van der Waals surface area (Å²) in [6, 6.07) is 10.8. The molecule has 0 N–H and O–H groups in total. The van der Waals surface area contributed by atoms with Crippen molar-refractivity contribution >= 4 is 46.3 Å². The molecule has 0 fully saturated rings. The molecule has 2 aromatic carbocycles. The van der Waals surface area contributed by atoms with Crippen LogP contribution in [0, 0.1) is 6.92 Å². The normalized spacial score (nSPS) is 12.0. The van der Waals surface area contributed by atoms with Gasteiger partial charge in [0, 0.05) is 22.6 Å². The van der Waals surface area contributed by atoms with Crippen molar-refractivity contribution in [3.8, 4) is 27.5 Å². The number of rotatable bonds is 5. The summed E-state index contributed by atoms with van der Waals surface area (Å²) in [4.78, 5) is 4.77. The third-order valence-corrected chi connectivity index (χ3v) is 7.73. The monoisotopic (exact) mass is 527 g/mol. The molecular weight excluding hydrogens is 510 g/mol. The zero-order valence-corrected chi connectivity index (χ0v) is 20.9. The van der Waals surface area contributed by atoms with Gasteiger partial charge in [0.25, 0.3) is 0 Å². The van der Waals surface area contributed by atoms with Crippen LogP contribution in [-0.2, 0) is 6.18 Å². The van der Waals surface area contributed by atoms with Gasteiger partial charge in [-0.1, -0.05) is 72.7 Å². The van der Waals surface area contributed by atoms with Gasteiger partial charge in [-0.15, -0.1) is 11.8 Å². The highest BCUT2D eigenvalue weighted by atomic mass is 35.5. The van der Waals surface area contributed by atoms with Crippen LogP contribution in [0.3, 0.4) is 0 Å². The molecule has 0 amide bonds. The summed E-state index contributed by atoms with van der Waals surface area (Å²) in [6.45, 7) is 5.84. The molecule has 4 rings (SSSR count). The zero-order chi connectivity index (χ0) is 23.9. The Morgan fingerprint density at radius 2 is 1.76 bits per heavy atom. The van der Waals surface area contributed by atoms with Gasteiger partial charge in [-0.25, -0.2) is 9.67 Å². The van der Waals surface area contributed by atoms with E-state index in [2.05, 4.69) is 18.9 Å². The molecule has 33 heavy (non-hydrogen) atoms. The first-order valence-electron chi connectivity index (χ1n) is 9.90. The first kappa shape index (κ1) is 24.1. The lowest BCUT2D eigenvalue weighted by atomic mass is 10.0. The molecule has 0 spiro atoms. The third kappa shape index (κ3) is 5.09. The van der Waals surface area contributed by atoms with Gasteiger partial charge in [-0.3, -0.25) is 0 Å². The molecule has 2 heterocycles. The van der Waals surface area contributed by atoms with Crippen LogP contribution in [0.2, 0.25) is 10.0 Å². The molecule has 0 bridgehead atoms. The minimum absolute atomic E-state index is 0.0896. The topological polar surface area (TPSA) is 30.7 Å². The number of aromatic nitrogens is 3. The van der Waals surface area contributed by atoms with Gasteiger partial charge in [0.05, 0.1) is 31.2 Å². The van der Waals surface area contributed by atoms with Gasteiger partial charge in [0.2, 0.25) is 5.13 Å². The Kier molecular flexibility index (Phi) is 6.82. The number of benzene rings is 2. The summed E-state index contributed by atoms with van der Waals surface area (Å²) in [5.74, 6) is 0. The second kappa shape index (κ2) is 9.33. The molecule has 2 aromatic heterocycles. The van der Waals surface area contributed by atoms with Gasteiger partial charge in [-0.05, 0) is 30.7 Å². The maximum atomic E-state index is 13.6. The van der Waals surface area contributed by atoms with Crippen molar-refractivity contribution in [1.29, 1.82) is 0 Å². The molecule has 0 saturated heterocycles.